The van der Waals surface area contributed by atoms with E-state index in [1.165, 1.54) is 37.6 Å². The fraction of sp³-hybridized carbons (Fsp3) is 0.424. The number of hydrogen-bond acceptors (Lipinski definition) is 9. The van der Waals surface area contributed by atoms with Crippen LogP contribution in [0, 0.1) is 0 Å². The van der Waals surface area contributed by atoms with Gasteiger partial charge in [-0.05, 0) is 63.0 Å². The smallest absolute Gasteiger partial charge is 0.421 e. The predicted molar refractivity (Wildman–Crippen MR) is 174 cm³/mol. The zero-order chi connectivity index (χ0) is 34.7. The summed E-state index contributed by atoms with van der Waals surface area (Å²) in [5.41, 5.74) is -0.528. The largest absolute Gasteiger partial charge is 0.495 e. The van der Waals surface area contributed by atoms with Crippen LogP contribution in [-0.4, -0.2) is 82.2 Å². The van der Waals surface area contributed by atoms with E-state index in [0.29, 0.717) is 28.9 Å². The molecule has 6 rings (SSSR count). The third-order valence-corrected chi connectivity index (χ3v) is 8.97. The van der Waals surface area contributed by atoms with Gasteiger partial charge in [-0.15, -0.1) is 0 Å². The molecule has 11 nitrogen and oxygen atoms in total. The normalized spacial score (nSPS) is 16.6. The Kier molecular flexibility index (Phi) is 10.1. The summed E-state index contributed by atoms with van der Waals surface area (Å²) in [6, 6.07) is 9.70. The zero-order valence-corrected chi connectivity index (χ0v) is 26.7. The quantitative estimate of drug-likeness (QED) is 0.130. The molecular formula is C33H37F5N8O3. The Bertz CT molecular complexity index is 1790. The molecular weight excluding hydrogens is 651 g/mol. The van der Waals surface area contributed by atoms with E-state index in [4.69, 9.17) is 4.74 Å². The number of alkyl halides is 5. The van der Waals surface area contributed by atoms with Crippen molar-refractivity contribution in [2.24, 2.45) is 0 Å². The molecule has 2 aliphatic rings. The second-order valence-corrected chi connectivity index (χ2v) is 12.1. The first-order valence-electron chi connectivity index (χ1n) is 16.0. The summed E-state index contributed by atoms with van der Waals surface area (Å²) in [6.07, 6.45) is -1.76. The minimum absolute atomic E-state index is 0.0167. The van der Waals surface area contributed by atoms with E-state index in [2.05, 4.69) is 36.1 Å². The number of benzene rings is 2. The number of nitrogens with zero attached hydrogens (tertiary/aromatic N) is 4. The average molecular weight is 689 g/mol. The number of carbonyl (C=O) groups is 1. The van der Waals surface area contributed by atoms with Gasteiger partial charge in [-0.2, -0.15) is 18.2 Å². The van der Waals surface area contributed by atoms with Crippen LogP contribution in [0.1, 0.15) is 41.6 Å². The van der Waals surface area contributed by atoms with Crippen LogP contribution in [-0.2, 0) is 12.7 Å². The molecule has 0 bridgehead atoms. The van der Waals surface area contributed by atoms with Gasteiger partial charge in [0.25, 0.3) is 12.3 Å². The number of likely N-dealkylation sites (tertiary alicyclic amines) is 1. The van der Waals surface area contributed by atoms with Gasteiger partial charge in [-0.3, -0.25) is 4.79 Å². The monoisotopic (exact) mass is 688 g/mol. The molecule has 5 N–H and O–H groups in total. The number of piperidine rings is 2. The van der Waals surface area contributed by atoms with Gasteiger partial charge in [0.15, 0.2) is 0 Å². The van der Waals surface area contributed by atoms with Crippen molar-refractivity contribution in [3.05, 3.63) is 59.9 Å². The van der Waals surface area contributed by atoms with Crippen molar-refractivity contribution in [1.82, 2.24) is 30.1 Å². The van der Waals surface area contributed by atoms with Crippen molar-refractivity contribution in [3.63, 3.8) is 0 Å². The van der Waals surface area contributed by atoms with Crippen molar-refractivity contribution < 1.29 is 36.6 Å². The summed E-state index contributed by atoms with van der Waals surface area (Å²) in [6.45, 7) is 3.11. The second kappa shape index (κ2) is 14.4. The van der Waals surface area contributed by atoms with E-state index in [0.717, 1.165) is 56.4 Å². The molecule has 1 amide bonds. The molecule has 0 spiro atoms. The third kappa shape index (κ3) is 7.80. The molecule has 4 aromatic rings. The molecule has 0 atom stereocenters. The number of methoxy groups -OCH3 is 1. The van der Waals surface area contributed by atoms with E-state index in [1.807, 2.05) is 0 Å². The Balaban J connectivity index is 1.18. The van der Waals surface area contributed by atoms with Crippen molar-refractivity contribution in [3.8, 4) is 11.6 Å². The van der Waals surface area contributed by atoms with Crippen molar-refractivity contribution in [1.29, 1.82) is 0 Å². The maximum atomic E-state index is 14.0. The molecule has 49 heavy (non-hydrogen) atoms. The molecule has 0 saturated carbocycles. The van der Waals surface area contributed by atoms with Gasteiger partial charge < -0.3 is 40.6 Å². The minimum Gasteiger partial charge on any atom is -0.495 e. The van der Waals surface area contributed by atoms with E-state index < -0.39 is 36.4 Å². The van der Waals surface area contributed by atoms with E-state index in [-0.39, 0.29) is 34.7 Å². The average Bonchev–Trinajstić information content (AvgIpc) is 3.39. The SMILES string of the molecule is COc1cc(C(=O)NC2CCN(C3CCNCC3)CC2)ccc1Nc1ncc(C(F)(F)F)c(Nc2cccc3cn(CC(F)F)c(O)c23)n1. The first kappa shape index (κ1) is 34.2. The third-order valence-electron chi connectivity index (χ3n) is 8.97. The molecule has 0 aliphatic carbocycles. The van der Waals surface area contributed by atoms with E-state index in [1.54, 1.807) is 12.1 Å². The summed E-state index contributed by atoms with van der Waals surface area (Å²) in [5, 5.41) is 23.0. The Morgan fingerprint density at radius 1 is 1.08 bits per heavy atom. The molecule has 2 aromatic carbocycles. The van der Waals surface area contributed by atoms with Gasteiger partial charge >= 0.3 is 6.18 Å². The van der Waals surface area contributed by atoms with E-state index >= 15 is 0 Å². The summed E-state index contributed by atoms with van der Waals surface area (Å²) in [5.74, 6) is -1.42. The zero-order valence-electron chi connectivity index (χ0n) is 26.7. The number of anilines is 4. The number of aromatic nitrogens is 3. The number of ether oxygens (including phenoxy) is 1. The maximum Gasteiger partial charge on any atom is 0.421 e. The van der Waals surface area contributed by atoms with Crippen molar-refractivity contribution >= 4 is 39.8 Å². The van der Waals surface area contributed by atoms with Crippen LogP contribution in [0.5, 0.6) is 11.6 Å². The van der Waals surface area contributed by atoms with Crippen LogP contribution in [0.4, 0.5) is 45.1 Å². The number of rotatable bonds is 10. The van der Waals surface area contributed by atoms with Gasteiger partial charge in [-0.1, -0.05) is 12.1 Å². The van der Waals surface area contributed by atoms with E-state index in [9.17, 15) is 31.9 Å². The van der Waals surface area contributed by atoms with Gasteiger partial charge in [0.05, 0.1) is 30.4 Å². The maximum absolute atomic E-state index is 14.0. The topological polar surface area (TPSA) is 129 Å². The lowest BCUT2D eigenvalue weighted by atomic mass is 9.98. The van der Waals surface area contributed by atoms with Crippen LogP contribution < -0.4 is 26.0 Å². The minimum atomic E-state index is -4.85. The standard InChI is InChI=1S/C33H37F5N8O3/c1-49-26-15-19(30(47)41-21-9-13-45(14-10-21)22-7-11-39-12-8-22)5-6-24(26)43-32-40-16-23(33(36,37)38)29(44-32)42-25-4-2-3-20-17-46(18-27(34)35)31(48)28(20)25/h2-6,15-17,21-22,27,39,48H,7-14,18H2,1H3,(H,41,47)(H2,40,42,43,44). The molecule has 0 radical (unpaired) electrons. The molecule has 0 unspecified atom stereocenters. The highest BCUT2D eigenvalue weighted by Crippen LogP contribution is 2.40. The Hall–Kier alpha value is -4.70. The highest BCUT2D eigenvalue weighted by molar-refractivity contribution is 6.00. The van der Waals surface area contributed by atoms with Crippen LogP contribution in [0.2, 0.25) is 0 Å². The first-order valence-corrected chi connectivity index (χ1v) is 16.0. The fourth-order valence-corrected chi connectivity index (χ4v) is 6.47. The van der Waals surface area contributed by atoms with Gasteiger partial charge in [0.1, 0.15) is 17.1 Å². The Morgan fingerprint density at radius 2 is 1.84 bits per heavy atom. The molecule has 4 heterocycles. The molecule has 16 heteroatoms. The van der Waals surface area contributed by atoms with Crippen LogP contribution in [0.25, 0.3) is 10.8 Å². The number of aromatic hydroxyl groups is 1. The number of hydrogen-bond donors (Lipinski definition) is 5. The fourth-order valence-electron chi connectivity index (χ4n) is 6.47. The summed E-state index contributed by atoms with van der Waals surface area (Å²) < 4.78 is 74.5. The highest BCUT2D eigenvalue weighted by Gasteiger charge is 2.36. The summed E-state index contributed by atoms with van der Waals surface area (Å²) in [7, 11) is 1.40. The lowest BCUT2D eigenvalue weighted by Gasteiger charge is -2.39. The van der Waals surface area contributed by atoms with Gasteiger partial charge in [0, 0.05) is 48.5 Å². The van der Waals surface area contributed by atoms with Crippen molar-refractivity contribution in [2.45, 2.75) is 56.9 Å². The summed E-state index contributed by atoms with van der Waals surface area (Å²) >= 11 is 0. The molecule has 2 aromatic heterocycles. The predicted octanol–water partition coefficient (Wildman–Crippen LogP) is 5.86. The van der Waals surface area contributed by atoms with Crippen LogP contribution in [0.3, 0.4) is 0 Å². The van der Waals surface area contributed by atoms with Crippen molar-refractivity contribution in [2.75, 3.05) is 43.9 Å². The number of halogens is 5. The van der Waals surface area contributed by atoms with Gasteiger partial charge in [-0.25, -0.2) is 13.8 Å². The molecule has 2 fully saturated rings. The number of fused-ring (bicyclic) bond motifs is 1. The lowest BCUT2D eigenvalue weighted by Crippen LogP contribution is -2.50. The first-order chi connectivity index (χ1) is 23.5. The number of carbonyl (C=O) groups excluding carboxylic acids is 1. The van der Waals surface area contributed by atoms with Crippen LogP contribution in [0.15, 0.2) is 48.8 Å². The number of nitrogens with one attached hydrogen (secondary N) is 4. The second-order valence-electron chi connectivity index (χ2n) is 12.1. The number of amides is 1. The van der Waals surface area contributed by atoms with Gasteiger partial charge in [0.2, 0.25) is 11.8 Å². The van der Waals surface area contributed by atoms with Crippen LogP contribution >= 0.6 is 0 Å². The Labute approximate surface area is 278 Å². The Morgan fingerprint density at radius 3 is 2.53 bits per heavy atom. The molecule has 2 saturated heterocycles. The highest BCUT2D eigenvalue weighted by atomic mass is 19.4. The molecule has 262 valence electrons. The summed E-state index contributed by atoms with van der Waals surface area (Å²) in [4.78, 5) is 23.6. The molecule has 2 aliphatic heterocycles. The lowest BCUT2D eigenvalue weighted by molar-refractivity contribution is -0.137.